The number of aliphatic hydroxyl groups is 1. The van der Waals surface area contributed by atoms with Crippen LogP contribution in [-0.2, 0) is 18.3 Å². The van der Waals surface area contributed by atoms with Gasteiger partial charge in [0.1, 0.15) is 0 Å². The van der Waals surface area contributed by atoms with Crippen molar-refractivity contribution in [3.8, 4) is 0 Å². The van der Waals surface area contributed by atoms with Gasteiger partial charge in [0.15, 0.2) is 0 Å². The maximum atomic E-state index is 9.78. The Morgan fingerprint density at radius 1 is 1.58 bits per heavy atom. The van der Waals surface area contributed by atoms with E-state index in [0.717, 1.165) is 12.1 Å². The molecule has 1 fully saturated rings. The summed E-state index contributed by atoms with van der Waals surface area (Å²) in [4.78, 5) is 0. The fraction of sp³-hybridized carbons (Fsp3) is 0.846. The van der Waals surface area contributed by atoms with Crippen LogP contribution in [0.25, 0.3) is 0 Å². The van der Waals surface area contributed by atoms with Crippen molar-refractivity contribution in [3.05, 3.63) is 11.9 Å². The highest BCUT2D eigenvalue weighted by molar-refractivity contribution is 5.15. The van der Waals surface area contributed by atoms with Crippen LogP contribution >= 0.6 is 0 Å². The van der Waals surface area contributed by atoms with Gasteiger partial charge in [-0.15, -0.1) is 5.10 Å². The lowest BCUT2D eigenvalue weighted by Gasteiger charge is -2.60. The molecular formula is C13H24N4O2. The molecule has 2 rings (SSSR count). The van der Waals surface area contributed by atoms with E-state index in [-0.39, 0.29) is 23.7 Å². The van der Waals surface area contributed by atoms with E-state index in [1.807, 2.05) is 20.2 Å². The van der Waals surface area contributed by atoms with Crippen LogP contribution < -0.4 is 5.32 Å². The van der Waals surface area contributed by atoms with Crippen molar-refractivity contribution < 1.29 is 9.84 Å². The molecule has 0 aliphatic heterocycles. The summed E-state index contributed by atoms with van der Waals surface area (Å²) in [5, 5.41) is 21.2. The fourth-order valence-corrected chi connectivity index (χ4v) is 2.84. The lowest BCUT2D eigenvalue weighted by molar-refractivity contribution is -0.177. The van der Waals surface area contributed by atoms with Crippen LogP contribution in [0.2, 0.25) is 0 Å². The minimum Gasteiger partial charge on any atom is -0.394 e. The van der Waals surface area contributed by atoms with Gasteiger partial charge in [0.05, 0.1) is 23.9 Å². The van der Waals surface area contributed by atoms with Crippen molar-refractivity contribution in [3.63, 3.8) is 0 Å². The number of ether oxygens (including phenoxy) is 1. The molecule has 0 aromatic carbocycles. The second-order valence-corrected chi connectivity index (χ2v) is 5.85. The topological polar surface area (TPSA) is 72.2 Å². The van der Waals surface area contributed by atoms with E-state index < -0.39 is 0 Å². The second kappa shape index (κ2) is 5.19. The normalized spacial score (nSPS) is 29.2. The van der Waals surface area contributed by atoms with Crippen molar-refractivity contribution >= 4 is 0 Å². The Bertz CT molecular complexity index is 432. The molecule has 6 heteroatoms. The Balaban J connectivity index is 2.00. The summed E-state index contributed by atoms with van der Waals surface area (Å²) >= 11 is 0. The predicted molar refractivity (Wildman–Crippen MR) is 71.5 cm³/mol. The molecular weight excluding hydrogens is 244 g/mol. The minimum absolute atomic E-state index is 0.0973. The zero-order valence-corrected chi connectivity index (χ0v) is 12.2. The molecule has 1 aromatic rings. The quantitative estimate of drug-likeness (QED) is 0.785. The van der Waals surface area contributed by atoms with Gasteiger partial charge in [-0.05, 0) is 13.3 Å². The first kappa shape index (κ1) is 14.4. The van der Waals surface area contributed by atoms with Crippen LogP contribution in [0, 0.1) is 5.41 Å². The first-order valence-corrected chi connectivity index (χ1v) is 6.78. The van der Waals surface area contributed by atoms with Crippen LogP contribution in [0.3, 0.4) is 0 Å². The van der Waals surface area contributed by atoms with Gasteiger partial charge >= 0.3 is 0 Å². The largest absolute Gasteiger partial charge is 0.394 e. The van der Waals surface area contributed by atoms with Crippen molar-refractivity contribution in [2.45, 2.75) is 45.4 Å². The Labute approximate surface area is 114 Å². The van der Waals surface area contributed by atoms with Gasteiger partial charge in [-0.3, -0.25) is 4.68 Å². The van der Waals surface area contributed by atoms with E-state index in [1.54, 1.807) is 4.68 Å². The lowest BCUT2D eigenvalue weighted by Crippen LogP contribution is -2.73. The monoisotopic (exact) mass is 268 g/mol. The standard InChI is InChI=1S/C13H24N4O2/c1-5-19-11-6-13(9-18,12(11,2)3)14-7-10-8-17(4)16-15-10/h8,11,14,18H,5-7,9H2,1-4H3. The molecule has 0 radical (unpaired) electrons. The molecule has 2 atom stereocenters. The van der Waals surface area contributed by atoms with E-state index >= 15 is 0 Å². The SMILES string of the molecule is CCOC1CC(CO)(NCc2cn(C)nn2)C1(C)C. The molecule has 1 aliphatic rings. The number of nitrogens with zero attached hydrogens (tertiary/aromatic N) is 3. The molecule has 0 bridgehead atoms. The van der Waals surface area contributed by atoms with Gasteiger partial charge < -0.3 is 15.2 Å². The zero-order chi connectivity index (χ0) is 14.1. The minimum atomic E-state index is -0.301. The number of aryl methyl sites for hydroxylation is 1. The smallest absolute Gasteiger partial charge is 0.0964 e. The highest BCUT2D eigenvalue weighted by Crippen LogP contribution is 2.51. The van der Waals surface area contributed by atoms with Crippen LogP contribution in [0.5, 0.6) is 0 Å². The average molecular weight is 268 g/mol. The molecule has 1 saturated carbocycles. The predicted octanol–water partition coefficient (Wildman–Crippen LogP) is 0.471. The van der Waals surface area contributed by atoms with Gasteiger partial charge in [0.2, 0.25) is 0 Å². The van der Waals surface area contributed by atoms with Crippen molar-refractivity contribution in [1.29, 1.82) is 0 Å². The molecule has 6 nitrogen and oxygen atoms in total. The Kier molecular flexibility index (Phi) is 3.94. The maximum absolute atomic E-state index is 9.78. The number of hydrogen-bond acceptors (Lipinski definition) is 5. The van der Waals surface area contributed by atoms with Gasteiger partial charge in [-0.1, -0.05) is 19.1 Å². The van der Waals surface area contributed by atoms with Crippen molar-refractivity contribution in [2.75, 3.05) is 13.2 Å². The summed E-state index contributed by atoms with van der Waals surface area (Å²) in [6.07, 6.45) is 2.90. The number of hydrogen-bond donors (Lipinski definition) is 2. The van der Waals surface area contributed by atoms with E-state index in [0.29, 0.717) is 13.2 Å². The van der Waals surface area contributed by atoms with Crippen molar-refractivity contribution in [2.24, 2.45) is 12.5 Å². The van der Waals surface area contributed by atoms with Crippen LogP contribution in [0.15, 0.2) is 6.20 Å². The highest BCUT2D eigenvalue weighted by Gasteiger charge is 2.60. The lowest BCUT2D eigenvalue weighted by atomic mass is 9.54. The van der Waals surface area contributed by atoms with E-state index in [2.05, 4.69) is 29.5 Å². The maximum Gasteiger partial charge on any atom is 0.0964 e. The first-order valence-electron chi connectivity index (χ1n) is 6.78. The number of rotatable bonds is 6. The summed E-state index contributed by atoms with van der Waals surface area (Å²) < 4.78 is 7.40. The van der Waals surface area contributed by atoms with Crippen molar-refractivity contribution in [1.82, 2.24) is 20.3 Å². The van der Waals surface area contributed by atoms with E-state index in [1.165, 1.54) is 0 Å². The molecule has 1 heterocycles. The van der Waals surface area contributed by atoms with Gasteiger partial charge in [-0.2, -0.15) is 0 Å². The van der Waals surface area contributed by atoms with Crippen LogP contribution in [-0.4, -0.2) is 45.0 Å². The molecule has 19 heavy (non-hydrogen) atoms. The second-order valence-electron chi connectivity index (χ2n) is 5.85. The fourth-order valence-electron chi connectivity index (χ4n) is 2.84. The van der Waals surface area contributed by atoms with Gasteiger partial charge in [0, 0.05) is 31.8 Å². The molecule has 0 amide bonds. The Morgan fingerprint density at radius 2 is 2.32 bits per heavy atom. The third kappa shape index (κ3) is 2.40. The number of aromatic nitrogens is 3. The summed E-state index contributed by atoms with van der Waals surface area (Å²) in [6.45, 7) is 7.69. The third-order valence-corrected chi connectivity index (χ3v) is 4.47. The van der Waals surface area contributed by atoms with Gasteiger partial charge in [-0.25, -0.2) is 0 Å². The summed E-state index contributed by atoms with van der Waals surface area (Å²) in [5.41, 5.74) is 0.482. The van der Waals surface area contributed by atoms with E-state index in [4.69, 9.17) is 4.74 Å². The molecule has 0 saturated heterocycles. The average Bonchev–Trinajstić information content (AvgIpc) is 2.79. The zero-order valence-electron chi connectivity index (χ0n) is 12.2. The summed E-state index contributed by atoms with van der Waals surface area (Å²) in [7, 11) is 1.84. The van der Waals surface area contributed by atoms with E-state index in [9.17, 15) is 5.11 Å². The molecule has 2 N–H and O–H groups in total. The number of nitrogens with one attached hydrogen (secondary N) is 1. The molecule has 1 aliphatic carbocycles. The molecule has 0 spiro atoms. The number of aliphatic hydroxyl groups excluding tert-OH is 1. The van der Waals surface area contributed by atoms with Crippen LogP contribution in [0.4, 0.5) is 0 Å². The Morgan fingerprint density at radius 3 is 2.79 bits per heavy atom. The summed E-state index contributed by atoms with van der Waals surface area (Å²) in [5.74, 6) is 0. The molecule has 2 unspecified atom stereocenters. The van der Waals surface area contributed by atoms with Crippen LogP contribution in [0.1, 0.15) is 32.9 Å². The van der Waals surface area contributed by atoms with Gasteiger partial charge in [0.25, 0.3) is 0 Å². The summed E-state index contributed by atoms with van der Waals surface area (Å²) in [6, 6.07) is 0. The first-order chi connectivity index (χ1) is 8.95. The molecule has 108 valence electrons. The Hall–Kier alpha value is -0.980. The molecule has 1 aromatic heterocycles. The highest BCUT2D eigenvalue weighted by atomic mass is 16.5. The third-order valence-electron chi connectivity index (χ3n) is 4.47.